The molecule has 2 aromatic rings. The van der Waals surface area contributed by atoms with Crippen LogP contribution in [0.4, 0.5) is 13.2 Å². The van der Waals surface area contributed by atoms with Gasteiger partial charge < -0.3 is 10.1 Å². The molecular formula is C25H31F3N2O. The van der Waals surface area contributed by atoms with E-state index in [1.807, 2.05) is 6.07 Å². The molecule has 2 aliphatic heterocycles. The van der Waals surface area contributed by atoms with Gasteiger partial charge in [0.15, 0.2) is 0 Å². The van der Waals surface area contributed by atoms with Gasteiger partial charge >= 0.3 is 6.18 Å². The van der Waals surface area contributed by atoms with E-state index in [0.29, 0.717) is 25.3 Å². The van der Waals surface area contributed by atoms with Crippen molar-refractivity contribution in [1.82, 2.24) is 10.2 Å². The molecule has 0 spiro atoms. The fourth-order valence-corrected chi connectivity index (χ4v) is 4.72. The number of piperidine rings is 1. The molecule has 0 saturated carbocycles. The molecule has 0 aliphatic carbocycles. The fourth-order valence-electron chi connectivity index (χ4n) is 4.72. The Hall–Kier alpha value is -2.05. The third-order valence-corrected chi connectivity index (χ3v) is 6.46. The third kappa shape index (κ3) is 6.01. The van der Waals surface area contributed by atoms with E-state index in [4.69, 9.17) is 4.74 Å². The lowest BCUT2D eigenvalue weighted by Crippen LogP contribution is -2.28. The predicted octanol–water partition coefficient (Wildman–Crippen LogP) is 5.42. The fraction of sp³-hybridized carbons (Fsp3) is 0.520. The molecule has 3 nitrogen and oxygen atoms in total. The highest BCUT2D eigenvalue weighted by molar-refractivity contribution is 5.37. The number of nitrogens with zero attached hydrogens (tertiary/aromatic N) is 1. The summed E-state index contributed by atoms with van der Waals surface area (Å²) >= 11 is 0. The minimum absolute atomic E-state index is 0.302. The summed E-state index contributed by atoms with van der Waals surface area (Å²) in [6.45, 7) is 4.63. The highest BCUT2D eigenvalue weighted by Crippen LogP contribution is 2.33. The van der Waals surface area contributed by atoms with E-state index in [9.17, 15) is 13.2 Å². The van der Waals surface area contributed by atoms with Gasteiger partial charge in [0.2, 0.25) is 0 Å². The minimum Gasteiger partial charge on any atom is -0.494 e. The largest absolute Gasteiger partial charge is 0.494 e. The van der Waals surface area contributed by atoms with Gasteiger partial charge in [-0.25, -0.2) is 0 Å². The molecule has 0 atom stereocenters. The maximum absolute atomic E-state index is 13.4. The smallest absolute Gasteiger partial charge is 0.416 e. The number of aryl methyl sites for hydroxylation is 1. The SMILES string of the molecule is FC(F)(F)c1ccccc1CN1CCCc2ccc(OCCC3CCNCC3)cc2C1. The van der Waals surface area contributed by atoms with E-state index in [2.05, 4.69) is 22.3 Å². The zero-order valence-corrected chi connectivity index (χ0v) is 17.9. The first-order chi connectivity index (χ1) is 15.0. The summed E-state index contributed by atoms with van der Waals surface area (Å²) in [5.41, 5.74) is 2.25. The van der Waals surface area contributed by atoms with E-state index >= 15 is 0 Å². The van der Waals surface area contributed by atoms with Gasteiger partial charge in [-0.3, -0.25) is 4.90 Å². The summed E-state index contributed by atoms with van der Waals surface area (Å²) in [5.74, 6) is 1.59. The molecule has 0 unspecified atom stereocenters. The number of fused-ring (bicyclic) bond motifs is 1. The van der Waals surface area contributed by atoms with Gasteiger partial charge in [0.1, 0.15) is 5.75 Å². The van der Waals surface area contributed by atoms with Gasteiger partial charge in [-0.2, -0.15) is 13.2 Å². The quantitative estimate of drug-likeness (QED) is 0.660. The van der Waals surface area contributed by atoms with Crippen molar-refractivity contribution in [3.63, 3.8) is 0 Å². The van der Waals surface area contributed by atoms with Crippen molar-refractivity contribution in [2.24, 2.45) is 5.92 Å². The van der Waals surface area contributed by atoms with Gasteiger partial charge in [0, 0.05) is 13.1 Å². The van der Waals surface area contributed by atoms with Crippen LogP contribution in [0.15, 0.2) is 42.5 Å². The van der Waals surface area contributed by atoms with E-state index in [-0.39, 0.29) is 0 Å². The van der Waals surface area contributed by atoms with Crippen molar-refractivity contribution in [2.45, 2.75) is 51.4 Å². The monoisotopic (exact) mass is 432 g/mol. The lowest BCUT2D eigenvalue weighted by atomic mass is 9.95. The Morgan fingerprint density at radius 3 is 2.65 bits per heavy atom. The first kappa shape index (κ1) is 22.2. The molecule has 2 aromatic carbocycles. The normalized spacial score (nSPS) is 18.4. The second-order valence-electron chi connectivity index (χ2n) is 8.73. The molecule has 6 heteroatoms. The van der Waals surface area contributed by atoms with Crippen LogP contribution in [-0.4, -0.2) is 31.1 Å². The highest BCUT2D eigenvalue weighted by atomic mass is 19.4. The third-order valence-electron chi connectivity index (χ3n) is 6.46. The maximum atomic E-state index is 13.4. The molecular weight excluding hydrogens is 401 g/mol. The van der Waals surface area contributed by atoms with Gasteiger partial charge in [0.05, 0.1) is 12.2 Å². The number of halogens is 3. The number of nitrogens with one attached hydrogen (secondary N) is 1. The number of rotatable bonds is 6. The predicted molar refractivity (Wildman–Crippen MR) is 116 cm³/mol. The van der Waals surface area contributed by atoms with Gasteiger partial charge in [-0.15, -0.1) is 0 Å². The Balaban J connectivity index is 1.40. The van der Waals surface area contributed by atoms with Crippen LogP contribution >= 0.6 is 0 Å². The standard InChI is InChI=1S/C25H31F3N2O/c26-25(27,28)24-6-2-1-4-21(24)17-30-14-3-5-20-7-8-23(16-22(20)18-30)31-15-11-19-9-12-29-13-10-19/h1-2,4,6-8,16,19,29H,3,5,9-15,17-18H2. The van der Waals surface area contributed by atoms with Crippen molar-refractivity contribution >= 4 is 0 Å². The van der Waals surface area contributed by atoms with E-state index < -0.39 is 11.7 Å². The zero-order chi connectivity index (χ0) is 21.7. The molecule has 31 heavy (non-hydrogen) atoms. The lowest BCUT2D eigenvalue weighted by molar-refractivity contribution is -0.138. The van der Waals surface area contributed by atoms with Gasteiger partial charge in [-0.05, 0) is 92.5 Å². The highest BCUT2D eigenvalue weighted by Gasteiger charge is 2.33. The second-order valence-corrected chi connectivity index (χ2v) is 8.73. The van der Waals surface area contributed by atoms with Crippen molar-refractivity contribution < 1.29 is 17.9 Å². The number of hydrogen-bond donors (Lipinski definition) is 1. The van der Waals surface area contributed by atoms with E-state index in [0.717, 1.165) is 50.6 Å². The summed E-state index contributed by atoms with van der Waals surface area (Å²) in [6, 6.07) is 12.2. The molecule has 1 fully saturated rings. The van der Waals surface area contributed by atoms with Crippen LogP contribution in [0, 0.1) is 5.92 Å². The summed E-state index contributed by atoms with van der Waals surface area (Å²) in [6.07, 6.45) is 1.05. The van der Waals surface area contributed by atoms with Crippen LogP contribution in [0.25, 0.3) is 0 Å². The maximum Gasteiger partial charge on any atom is 0.416 e. The number of alkyl halides is 3. The van der Waals surface area contributed by atoms with Crippen LogP contribution in [0.3, 0.4) is 0 Å². The van der Waals surface area contributed by atoms with Crippen LogP contribution in [0.1, 0.15) is 47.9 Å². The van der Waals surface area contributed by atoms with Crippen LogP contribution in [-0.2, 0) is 25.7 Å². The Bertz CT molecular complexity index is 862. The summed E-state index contributed by atoms with van der Waals surface area (Å²) in [7, 11) is 0. The van der Waals surface area contributed by atoms with Crippen LogP contribution < -0.4 is 10.1 Å². The average Bonchev–Trinajstić information content (AvgIpc) is 2.95. The van der Waals surface area contributed by atoms with Crippen LogP contribution in [0.2, 0.25) is 0 Å². The van der Waals surface area contributed by atoms with Crippen LogP contribution in [0.5, 0.6) is 5.75 Å². The van der Waals surface area contributed by atoms with Crippen molar-refractivity contribution in [2.75, 3.05) is 26.2 Å². The number of benzene rings is 2. The molecule has 2 heterocycles. The van der Waals surface area contributed by atoms with E-state index in [1.54, 1.807) is 12.1 Å². The van der Waals surface area contributed by atoms with Gasteiger partial charge in [0.25, 0.3) is 0 Å². The zero-order valence-electron chi connectivity index (χ0n) is 17.9. The molecule has 4 rings (SSSR count). The van der Waals surface area contributed by atoms with Crippen molar-refractivity contribution in [3.05, 3.63) is 64.7 Å². The molecule has 2 aliphatic rings. The molecule has 0 bridgehead atoms. The Morgan fingerprint density at radius 2 is 1.84 bits per heavy atom. The van der Waals surface area contributed by atoms with E-state index in [1.165, 1.54) is 36.1 Å². The lowest BCUT2D eigenvalue weighted by Gasteiger charge is -2.23. The minimum atomic E-state index is -4.32. The first-order valence-electron chi connectivity index (χ1n) is 11.3. The summed E-state index contributed by atoms with van der Waals surface area (Å²) < 4.78 is 46.2. The molecule has 168 valence electrons. The molecule has 0 radical (unpaired) electrons. The Labute approximate surface area is 182 Å². The summed E-state index contributed by atoms with van der Waals surface area (Å²) in [4.78, 5) is 2.12. The Morgan fingerprint density at radius 1 is 1.03 bits per heavy atom. The molecule has 1 saturated heterocycles. The van der Waals surface area contributed by atoms with Crippen molar-refractivity contribution in [1.29, 1.82) is 0 Å². The Kier molecular flexibility index (Phi) is 7.18. The molecule has 0 amide bonds. The number of ether oxygens (including phenoxy) is 1. The molecule has 0 aromatic heterocycles. The van der Waals surface area contributed by atoms with Crippen molar-refractivity contribution in [3.8, 4) is 5.75 Å². The number of hydrogen-bond acceptors (Lipinski definition) is 3. The second kappa shape index (κ2) is 10.0. The molecule has 1 N–H and O–H groups in total. The summed E-state index contributed by atoms with van der Waals surface area (Å²) in [5, 5.41) is 3.39. The topological polar surface area (TPSA) is 24.5 Å². The average molecular weight is 433 g/mol. The van der Waals surface area contributed by atoms with Gasteiger partial charge in [-0.1, -0.05) is 24.3 Å². The first-order valence-corrected chi connectivity index (χ1v) is 11.3.